The van der Waals surface area contributed by atoms with Gasteiger partial charge in [0.2, 0.25) is 0 Å². The van der Waals surface area contributed by atoms with E-state index in [9.17, 15) is 0 Å². The van der Waals surface area contributed by atoms with E-state index in [2.05, 4.69) is 0 Å². The van der Waals surface area contributed by atoms with Crippen LogP contribution in [0.25, 0.3) is 0 Å². The van der Waals surface area contributed by atoms with Crippen molar-refractivity contribution in [3.8, 4) is 0 Å². The summed E-state index contributed by atoms with van der Waals surface area (Å²) in [5.41, 5.74) is 0. The van der Waals surface area contributed by atoms with Crippen molar-refractivity contribution in [3.63, 3.8) is 0 Å². The largest absolute Gasteiger partial charge is 1.00 e. The van der Waals surface area contributed by atoms with Gasteiger partial charge in [0.1, 0.15) is 0 Å². The van der Waals surface area contributed by atoms with Crippen molar-refractivity contribution in [3.05, 3.63) is 0 Å². The summed E-state index contributed by atoms with van der Waals surface area (Å²) >= 11 is 0. The average Bonchev–Trinajstić information content (AvgIpc) is 0. The van der Waals surface area contributed by atoms with Gasteiger partial charge < -0.3 is 248 Å². The van der Waals surface area contributed by atoms with E-state index in [1.54, 1.807) is 0 Å². The molecule has 0 aliphatic rings. The summed E-state index contributed by atoms with van der Waals surface area (Å²) in [4.78, 5) is 0. The van der Waals surface area contributed by atoms with Gasteiger partial charge in [-0.1, -0.05) is 0 Å². The van der Waals surface area contributed by atoms with Crippen molar-refractivity contribution >= 4 is 558 Å². The molecule has 0 aliphatic heterocycles. The summed E-state index contributed by atoms with van der Waals surface area (Å²) in [5.74, 6) is 0. The smallest absolute Gasteiger partial charge is 1.00 e. The minimum atomic E-state index is 0. The van der Waals surface area contributed by atoms with Crippen LogP contribution in [0.5, 0.6) is 0 Å². The molecule has 0 spiro atoms. The molecular weight excluding hydrogens is 2760 g/mol. The molecular formula is H45Cl65Na20. The third-order valence-electron chi connectivity index (χ3n) is 0. The Kier molecular flexibility index (Phi) is 17600. The fourth-order valence-corrected chi connectivity index (χ4v) is 0. The number of halogens is 65. The Morgan fingerprint density at radius 1 is 0.0353 bits per heavy atom. The molecule has 0 bridgehead atoms. The fraction of sp³-hybridized carbons (Fsp3) is 0. The zero-order chi connectivity index (χ0) is 0. The van der Waals surface area contributed by atoms with Crippen molar-refractivity contribution in [1.29, 1.82) is 0 Å². The second-order valence-corrected chi connectivity index (χ2v) is 0. The molecule has 0 aromatic heterocycles. The van der Waals surface area contributed by atoms with Crippen LogP contribution in [0.15, 0.2) is 0 Å². The maximum Gasteiger partial charge on any atom is 1.00 e. The topological polar surface area (TPSA) is 0 Å². The molecule has 0 aromatic rings. The van der Waals surface area contributed by atoms with Gasteiger partial charge in [0, 0.05) is 0 Å². The van der Waals surface area contributed by atoms with Gasteiger partial charge in [0.05, 0.1) is 0 Å². The van der Waals surface area contributed by atoms with Crippen LogP contribution in [0.3, 0.4) is 0 Å². The zero-order valence-electron chi connectivity index (χ0n) is 45.9. The van der Waals surface area contributed by atoms with Gasteiger partial charge in [-0.2, -0.15) is 0 Å². The summed E-state index contributed by atoms with van der Waals surface area (Å²) < 4.78 is 0. The van der Waals surface area contributed by atoms with Crippen molar-refractivity contribution in [2.75, 3.05) is 0 Å². The summed E-state index contributed by atoms with van der Waals surface area (Å²) in [7, 11) is 0. The Balaban J connectivity index is 0. The quantitative estimate of drug-likeness (QED) is 0.212. The number of hydrogen-bond acceptors (Lipinski definition) is 0. The molecule has 0 heterocycles. The van der Waals surface area contributed by atoms with Crippen LogP contribution in [0.1, 0.15) is 0 Å². The molecule has 0 saturated heterocycles. The van der Waals surface area contributed by atoms with Crippen LogP contribution in [0, 0.1) is 0 Å². The minimum absolute atomic E-state index is 0. The molecule has 0 saturated carbocycles. The molecule has 85 heavy (non-hydrogen) atoms. The van der Waals surface area contributed by atoms with E-state index < -0.39 is 0 Å². The van der Waals surface area contributed by atoms with Crippen molar-refractivity contribution in [1.82, 2.24) is 0 Å². The third-order valence-corrected chi connectivity index (χ3v) is 0. The first-order valence-corrected chi connectivity index (χ1v) is 0. The molecule has 0 atom stereocenters. The van der Waals surface area contributed by atoms with Crippen LogP contribution in [-0.4, -0.2) is 0 Å². The maximum absolute atomic E-state index is 0. The zero-order valence-corrected chi connectivity index (χ0v) is 138. The molecule has 0 aliphatic carbocycles. The molecule has 0 radical (unpaired) electrons. The molecule has 0 fully saturated rings. The molecule has 0 N–H and O–H groups in total. The Labute approximate surface area is 1360 Å². The normalized spacial score (nSPS) is 0. The summed E-state index contributed by atoms with van der Waals surface area (Å²) in [6.07, 6.45) is 0. The molecule has 0 nitrogen and oxygen atoms in total. The Morgan fingerprint density at radius 2 is 0.0353 bits per heavy atom. The first-order valence-electron chi connectivity index (χ1n) is 0. The van der Waals surface area contributed by atoms with Crippen LogP contribution in [-0.2, 0) is 0 Å². The third kappa shape index (κ3) is 1190. The van der Waals surface area contributed by atoms with Crippen molar-refractivity contribution in [2.24, 2.45) is 0 Å². The van der Waals surface area contributed by atoms with E-state index in [0.717, 1.165) is 0 Å². The van der Waals surface area contributed by atoms with Crippen molar-refractivity contribution < 1.29 is 839 Å². The average molecular weight is 2810 g/mol. The molecule has 0 unspecified atom stereocenters. The molecule has 85 heteroatoms. The fourth-order valence-electron chi connectivity index (χ4n) is 0. The van der Waals surface area contributed by atoms with Crippen LogP contribution in [0.2, 0.25) is 0 Å². The van der Waals surface area contributed by atoms with Gasteiger partial charge in [-0.15, -0.1) is 558 Å². The van der Waals surface area contributed by atoms with Gasteiger partial charge in [0.15, 0.2) is 0 Å². The SMILES string of the molecule is Cl.Cl.Cl.Cl.Cl.Cl.Cl.Cl.Cl.Cl.Cl.Cl.Cl.Cl.Cl.Cl.Cl.Cl.Cl.Cl.Cl.Cl.Cl.Cl.Cl.Cl.Cl.Cl.Cl.Cl.Cl.Cl.Cl.Cl.Cl.Cl.Cl.Cl.Cl.Cl.Cl.Cl.Cl.Cl.Cl.[Cl-].[Cl-].[Cl-].[Cl-].[Cl-].[Cl-].[Cl-].[Cl-].[Cl-].[Cl-].[Cl-].[Cl-].[Cl-].[Cl-].[Cl-].[Cl-].[Cl-].[Cl-].[Cl-].[Cl-].[Na+].[Na+].[Na+].[Na+].[Na+].[Na+].[Na+].[Na+].[Na+].[Na+].[Na+].[Na+].[Na+].[Na+].[Na+].[Na+].[Na+].[Na+].[Na+].[Na+]. The summed E-state index contributed by atoms with van der Waals surface area (Å²) in [6, 6.07) is 0. The van der Waals surface area contributed by atoms with Gasteiger partial charge in [-0.25, -0.2) is 0 Å². The van der Waals surface area contributed by atoms with Gasteiger partial charge in [-0.3, -0.25) is 0 Å². The monoisotopic (exact) mass is 2780 g/mol. The van der Waals surface area contributed by atoms with E-state index in [0.29, 0.717) is 0 Å². The number of hydrogen-bond donors (Lipinski definition) is 0. The van der Waals surface area contributed by atoms with E-state index in [4.69, 9.17) is 0 Å². The van der Waals surface area contributed by atoms with Crippen LogP contribution >= 0.6 is 558 Å². The second kappa shape index (κ2) is 1210. The van der Waals surface area contributed by atoms with Gasteiger partial charge >= 0.3 is 591 Å². The Morgan fingerprint density at radius 3 is 0.0353 bits per heavy atom. The summed E-state index contributed by atoms with van der Waals surface area (Å²) in [5, 5.41) is 0. The van der Waals surface area contributed by atoms with Crippen molar-refractivity contribution in [2.45, 2.75) is 0 Å². The molecule has 0 aromatic carbocycles. The van der Waals surface area contributed by atoms with Crippen LogP contribution < -0.4 is 839 Å². The number of rotatable bonds is 0. The van der Waals surface area contributed by atoms with Crippen LogP contribution in [0.4, 0.5) is 0 Å². The van der Waals surface area contributed by atoms with Gasteiger partial charge in [0.25, 0.3) is 0 Å². The molecule has 0 rings (SSSR count). The summed E-state index contributed by atoms with van der Waals surface area (Å²) in [6.45, 7) is 0. The Bertz CT molecular complexity index is 66.9. The van der Waals surface area contributed by atoms with E-state index in [-0.39, 0.29) is 1400 Å². The maximum atomic E-state index is 0. The van der Waals surface area contributed by atoms with Gasteiger partial charge in [-0.05, 0) is 0 Å². The first-order chi connectivity index (χ1) is 0. The van der Waals surface area contributed by atoms with E-state index in [1.165, 1.54) is 0 Å². The van der Waals surface area contributed by atoms with E-state index >= 15 is 0 Å². The molecule has 520 valence electrons. The minimum Gasteiger partial charge on any atom is -1.00 e. The first kappa shape index (κ1) is 1240. The molecule has 0 amide bonds. The standard InChI is InChI=1S/65ClH.20Na/h65*1H;;;;;;;;;;;;;;;;;;;;/q;;;;;;;;;;;;;;;;;;;;;;;;;;;;;;;;;;;;;;;;;;;;;;;;;;;;;;;;;;;;;;;;;20*+1/p-20. The second-order valence-electron chi connectivity index (χ2n) is 0. The predicted octanol–water partition coefficient (Wildman–Crippen LogP) is -101. The predicted molar refractivity (Wildman–Crippen MR) is 326 cm³/mol. The van der Waals surface area contributed by atoms with E-state index in [1.807, 2.05) is 0 Å². The Hall–Kier alpha value is 38.8.